The summed E-state index contributed by atoms with van der Waals surface area (Å²) >= 11 is 0. The van der Waals surface area contributed by atoms with E-state index in [1.165, 1.54) is 0 Å². The third-order valence-corrected chi connectivity index (χ3v) is 3.79. The Morgan fingerprint density at radius 2 is 1.54 bits per heavy atom. The standard InChI is InChI=1S/C19H20N2O3/c1-12-9-16(14-7-5-6-8-15(14)20-12)21-13-10-17(22-2)19(24-4)18(11-13)23-3/h5-11H,1-4H3,(H,20,21). The molecular formula is C19H20N2O3. The molecule has 24 heavy (non-hydrogen) atoms. The van der Waals surface area contributed by atoms with E-state index in [0.29, 0.717) is 17.2 Å². The van der Waals surface area contributed by atoms with Gasteiger partial charge in [0, 0.05) is 34.6 Å². The van der Waals surface area contributed by atoms with E-state index in [1.807, 2.05) is 49.4 Å². The number of methoxy groups -OCH3 is 3. The van der Waals surface area contributed by atoms with Crippen molar-refractivity contribution in [3.05, 3.63) is 48.2 Å². The molecule has 1 aromatic heterocycles. The van der Waals surface area contributed by atoms with Crippen LogP contribution in [0.15, 0.2) is 42.5 Å². The first kappa shape index (κ1) is 15.9. The lowest BCUT2D eigenvalue weighted by molar-refractivity contribution is 0.324. The lowest BCUT2D eigenvalue weighted by atomic mass is 10.1. The van der Waals surface area contributed by atoms with Crippen LogP contribution in [-0.2, 0) is 0 Å². The Hall–Kier alpha value is -2.95. The van der Waals surface area contributed by atoms with Crippen molar-refractivity contribution in [1.29, 1.82) is 0 Å². The van der Waals surface area contributed by atoms with Crippen LogP contribution in [0.3, 0.4) is 0 Å². The van der Waals surface area contributed by atoms with Gasteiger partial charge in [-0.2, -0.15) is 0 Å². The van der Waals surface area contributed by atoms with Crippen molar-refractivity contribution in [2.45, 2.75) is 6.92 Å². The average molecular weight is 324 g/mol. The molecule has 0 saturated heterocycles. The van der Waals surface area contributed by atoms with Crippen molar-refractivity contribution >= 4 is 22.3 Å². The Morgan fingerprint density at radius 3 is 2.17 bits per heavy atom. The molecule has 2 aromatic carbocycles. The second-order valence-corrected chi connectivity index (χ2v) is 5.37. The molecule has 0 spiro atoms. The fourth-order valence-corrected chi connectivity index (χ4v) is 2.72. The quantitative estimate of drug-likeness (QED) is 0.758. The van der Waals surface area contributed by atoms with E-state index >= 15 is 0 Å². The molecule has 0 aliphatic carbocycles. The van der Waals surface area contributed by atoms with E-state index in [4.69, 9.17) is 14.2 Å². The molecule has 5 heteroatoms. The van der Waals surface area contributed by atoms with E-state index in [2.05, 4.69) is 10.3 Å². The first-order chi connectivity index (χ1) is 11.7. The van der Waals surface area contributed by atoms with Crippen LogP contribution in [0.5, 0.6) is 17.2 Å². The maximum absolute atomic E-state index is 5.41. The van der Waals surface area contributed by atoms with Crippen LogP contribution >= 0.6 is 0 Å². The topological polar surface area (TPSA) is 52.6 Å². The second kappa shape index (κ2) is 6.66. The van der Waals surface area contributed by atoms with Gasteiger partial charge in [0.05, 0.1) is 26.8 Å². The first-order valence-electron chi connectivity index (χ1n) is 7.59. The van der Waals surface area contributed by atoms with Gasteiger partial charge < -0.3 is 19.5 Å². The molecule has 124 valence electrons. The molecule has 3 rings (SSSR count). The number of anilines is 2. The molecule has 0 saturated carbocycles. The van der Waals surface area contributed by atoms with Crippen molar-refractivity contribution in [3.63, 3.8) is 0 Å². The highest BCUT2D eigenvalue weighted by Gasteiger charge is 2.14. The summed E-state index contributed by atoms with van der Waals surface area (Å²) in [5.41, 5.74) is 3.73. The molecule has 0 radical (unpaired) electrons. The summed E-state index contributed by atoms with van der Waals surface area (Å²) in [7, 11) is 4.80. The molecule has 5 nitrogen and oxygen atoms in total. The zero-order valence-corrected chi connectivity index (χ0v) is 14.2. The summed E-state index contributed by atoms with van der Waals surface area (Å²) < 4.78 is 16.2. The summed E-state index contributed by atoms with van der Waals surface area (Å²) in [5, 5.41) is 4.49. The SMILES string of the molecule is COc1cc(Nc2cc(C)nc3ccccc23)cc(OC)c1OC. The van der Waals surface area contributed by atoms with Gasteiger partial charge in [-0.15, -0.1) is 0 Å². The van der Waals surface area contributed by atoms with Crippen LogP contribution in [0.25, 0.3) is 10.9 Å². The van der Waals surface area contributed by atoms with Crippen LogP contribution < -0.4 is 19.5 Å². The number of rotatable bonds is 5. The lowest BCUT2D eigenvalue weighted by Gasteiger charge is -2.16. The highest BCUT2D eigenvalue weighted by molar-refractivity contribution is 5.93. The van der Waals surface area contributed by atoms with Crippen LogP contribution in [0.2, 0.25) is 0 Å². The van der Waals surface area contributed by atoms with Gasteiger partial charge in [-0.3, -0.25) is 4.98 Å². The summed E-state index contributed by atoms with van der Waals surface area (Å²) in [5.74, 6) is 1.78. The molecule has 0 fully saturated rings. The van der Waals surface area contributed by atoms with Gasteiger partial charge in [0.25, 0.3) is 0 Å². The lowest BCUT2D eigenvalue weighted by Crippen LogP contribution is -1.99. The average Bonchev–Trinajstić information content (AvgIpc) is 2.60. The molecule has 0 aliphatic rings. The maximum Gasteiger partial charge on any atom is 0.203 e. The Bertz CT molecular complexity index is 853. The summed E-state index contributed by atoms with van der Waals surface area (Å²) in [6.45, 7) is 1.98. The Balaban J connectivity index is 2.09. The van der Waals surface area contributed by atoms with Crippen LogP contribution in [0, 0.1) is 6.92 Å². The minimum atomic E-state index is 0.571. The number of hydrogen-bond acceptors (Lipinski definition) is 5. The monoisotopic (exact) mass is 324 g/mol. The fraction of sp³-hybridized carbons (Fsp3) is 0.211. The molecule has 0 bridgehead atoms. The largest absolute Gasteiger partial charge is 0.493 e. The molecule has 1 N–H and O–H groups in total. The van der Waals surface area contributed by atoms with E-state index in [1.54, 1.807) is 21.3 Å². The molecule has 0 atom stereocenters. The Morgan fingerprint density at radius 1 is 0.875 bits per heavy atom. The minimum absolute atomic E-state index is 0.571. The molecule has 0 aliphatic heterocycles. The number of fused-ring (bicyclic) bond motifs is 1. The third-order valence-electron chi connectivity index (χ3n) is 3.79. The number of benzene rings is 2. The summed E-state index contributed by atoms with van der Waals surface area (Å²) in [6.07, 6.45) is 0. The van der Waals surface area contributed by atoms with E-state index in [9.17, 15) is 0 Å². The van der Waals surface area contributed by atoms with Crippen molar-refractivity contribution in [1.82, 2.24) is 4.98 Å². The minimum Gasteiger partial charge on any atom is -0.493 e. The molecule has 3 aromatic rings. The number of para-hydroxylation sites is 1. The summed E-state index contributed by atoms with van der Waals surface area (Å²) in [4.78, 5) is 4.56. The van der Waals surface area contributed by atoms with Gasteiger partial charge in [-0.1, -0.05) is 18.2 Å². The number of aryl methyl sites for hydroxylation is 1. The zero-order valence-electron chi connectivity index (χ0n) is 14.2. The first-order valence-corrected chi connectivity index (χ1v) is 7.59. The third kappa shape index (κ3) is 2.93. The number of nitrogens with one attached hydrogen (secondary N) is 1. The van der Waals surface area contributed by atoms with Crippen LogP contribution in [0.4, 0.5) is 11.4 Å². The van der Waals surface area contributed by atoms with Crippen molar-refractivity contribution < 1.29 is 14.2 Å². The van der Waals surface area contributed by atoms with Crippen LogP contribution in [-0.4, -0.2) is 26.3 Å². The van der Waals surface area contributed by atoms with Crippen molar-refractivity contribution in [2.75, 3.05) is 26.6 Å². The summed E-state index contributed by atoms with van der Waals surface area (Å²) in [6, 6.07) is 13.8. The molecule has 0 amide bonds. The highest BCUT2D eigenvalue weighted by Crippen LogP contribution is 2.41. The predicted molar refractivity (Wildman–Crippen MR) is 95.9 cm³/mol. The van der Waals surface area contributed by atoms with E-state index in [-0.39, 0.29) is 0 Å². The zero-order chi connectivity index (χ0) is 17.1. The Labute approximate surface area is 141 Å². The number of ether oxygens (including phenoxy) is 3. The van der Waals surface area contributed by atoms with Crippen molar-refractivity contribution in [2.24, 2.45) is 0 Å². The van der Waals surface area contributed by atoms with Gasteiger partial charge in [-0.25, -0.2) is 0 Å². The smallest absolute Gasteiger partial charge is 0.203 e. The predicted octanol–water partition coefficient (Wildman–Crippen LogP) is 4.31. The van der Waals surface area contributed by atoms with Gasteiger partial charge >= 0.3 is 0 Å². The highest BCUT2D eigenvalue weighted by atomic mass is 16.5. The molecule has 1 heterocycles. The molecule has 0 unspecified atom stereocenters. The van der Waals surface area contributed by atoms with Gasteiger partial charge in [0.1, 0.15) is 0 Å². The van der Waals surface area contributed by atoms with Gasteiger partial charge in [-0.05, 0) is 19.1 Å². The second-order valence-electron chi connectivity index (χ2n) is 5.37. The van der Waals surface area contributed by atoms with E-state index in [0.717, 1.165) is 28.0 Å². The Kier molecular flexibility index (Phi) is 4.42. The number of nitrogens with zero attached hydrogens (tertiary/aromatic N) is 1. The number of hydrogen-bond donors (Lipinski definition) is 1. The van der Waals surface area contributed by atoms with Gasteiger partial charge in [0.2, 0.25) is 5.75 Å². The number of aromatic nitrogens is 1. The normalized spacial score (nSPS) is 10.5. The number of pyridine rings is 1. The fourth-order valence-electron chi connectivity index (χ4n) is 2.72. The van der Waals surface area contributed by atoms with Gasteiger partial charge in [0.15, 0.2) is 11.5 Å². The van der Waals surface area contributed by atoms with Crippen molar-refractivity contribution in [3.8, 4) is 17.2 Å². The molecular weight excluding hydrogens is 304 g/mol. The van der Waals surface area contributed by atoms with E-state index < -0.39 is 0 Å². The van der Waals surface area contributed by atoms with Crippen LogP contribution in [0.1, 0.15) is 5.69 Å². The maximum atomic E-state index is 5.41.